The molecular formula is C23H25ClN2O3S. The standard InChI is InChI=1S/C23H25ClN2O3S/c1-16(2)29-12-6-11-25-22(27)15-26-19-9-3-4-10-20(19)30-21(23(26)28)14-17-7-5-8-18(24)13-17/h3-5,7-10,13-14,16H,6,11-12,15H2,1-2H3,(H,25,27)/b21-14+. The summed E-state index contributed by atoms with van der Waals surface area (Å²) < 4.78 is 5.48. The van der Waals surface area contributed by atoms with Crippen LogP contribution in [0, 0.1) is 0 Å². The molecule has 0 bridgehead atoms. The second kappa shape index (κ2) is 10.7. The first-order chi connectivity index (χ1) is 14.4. The Hall–Kier alpha value is -2.28. The maximum Gasteiger partial charge on any atom is 0.265 e. The molecule has 3 rings (SSSR count). The molecule has 0 unspecified atom stereocenters. The highest BCUT2D eigenvalue weighted by Gasteiger charge is 2.30. The lowest BCUT2D eigenvalue weighted by atomic mass is 10.2. The van der Waals surface area contributed by atoms with Crippen LogP contribution in [-0.2, 0) is 14.3 Å². The first kappa shape index (κ1) is 22.4. The van der Waals surface area contributed by atoms with Crippen molar-refractivity contribution < 1.29 is 14.3 Å². The minimum atomic E-state index is -0.197. The number of carbonyl (C=O) groups is 2. The van der Waals surface area contributed by atoms with Crippen molar-refractivity contribution in [1.82, 2.24) is 5.32 Å². The average Bonchev–Trinajstić information content (AvgIpc) is 2.70. The predicted octanol–water partition coefficient (Wildman–Crippen LogP) is 4.75. The smallest absolute Gasteiger partial charge is 0.265 e. The largest absolute Gasteiger partial charge is 0.379 e. The Morgan fingerprint density at radius 2 is 2.03 bits per heavy atom. The van der Waals surface area contributed by atoms with E-state index in [0.29, 0.717) is 23.1 Å². The van der Waals surface area contributed by atoms with E-state index in [0.717, 1.165) is 22.6 Å². The highest BCUT2D eigenvalue weighted by atomic mass is 35.5. The van der Waals surface area contributed by atoms with Crippen LogP contribution in [0.25, 0.3) is 6.08 Å². The number of thioether (sulfide) groups is 1. The van der Waals surface area contributed by atoms with E-state index in [4.69, 9.17) is 16.3 Å². The van der Waals surface area contributed by atoms with E-state index >= 15 is 0 Å². The normalized spacial score (nSPS) is 14.9. The van der Waals surface area contributed by atoms with Gasteiger partial charge in [-0.05, 0) is 56.2 Å². The zero-order chi connectivity index (χ0) is 21.5. The van der Waals surface area contributed by atoms with Crippen molar-refractivity contribution in [2.75, 3.05) is 24.6 Å². The number of nitrogens with zero attached hydrogens (tertiary/aromatic N) is 1. The maximum absolute atomic E-state index is 13.2. The Morgan fingerprint density at radius 3 is 2.80 bits per heavy atom. The summed E-state index contributed by atoms with van der Waals surface area (Å²) in [4.78, 5) is 28.7. The fraction of sp³-hybridized carbons (Fsp3) is 0.304. The molecular weight excluding hydrogens is 420 g/mol. The van der Waals surface area contributed by atoms with Gasteiger partial charge in [0.05, 0.1) is 16.7 Å². The summed E-state index contributed by atoms with van der Waals surface area (Å²) in [6.45, 7) is 5.02. The van der Waals surface area contributed by atoms with Crippen LogP contribution in [0.3, 0.4) is 0 Å². The summed E-state index contributed by atoms with van der Waals surface area (Å²) in [5, 5.41) is 3.48. The molecule has 2 aromatic rings. The van der Waals surface area contributed by atoms with Gasteiger partial charge < -0.3 is 10.1 Å². The number of nitrogens with one attached hydrogen (secondary N) is 1. The van der Waals surface area contributed by atoms with E-state index in [1.165, 1.54) is 16.7 Å². The van der Waals surface area contributed by atoms with E-state index in [9.17, 15) is 9.59 Å². The number of rotatable bonds is 8. The van der Waals surface area contributed by atoms with Gasteiger partial charge in [0, 0.05) is 23.1 Å². The number of fused-ring (bicyclic) bond motifs is 1. The predicted molar refractivity (Wildman–Crippen MR) is 123 cm³/mol. The van der Waals surface area contributed by atoms with Crippen molar-refractivity contribution in [3.05, 3.63) is 64.0 Å². The molecule has 1 heterocycles. The molecule has 30 heavy (non-hydrogen) atoms. The molecule has 0 saturated heterocycles. The molecule has 0 fully saturated rings. The molecule has 158 valence electrons. The van der Waals surface area contributed by atoms with Gasteiger partial charge >= 0.3 is 0 Å². The minimum absolute atomic E-state index is 0.0334. The van der Waals surface area contributed by atoms with Gasteiger partial charge in [-0.25, -0.2) is 0 Å². The van der Waals surface area contributed by atoms with Crippen molar-refractivity contribution >= 4 is 46.9 Å². The van der Waals surface area contributed by atoms with Crippen molar-refractivity contribution in [3.8, 4) is 0 Å². The number of amides is 2. The van der Waals surface area contributed by atoms with Crippen LogP contribution in [0.4, 0.5) is 5.69 Å². The third-order valence-corrected chi connectivity index (χ3v) is 5.69. The summed E-state index contributed by atoms with van der Waals surface area (Å²) in [6, 6.07) is 14.9. The molecule has 1 aliphatic rings. The number of ether oxygens (including phenoxy) is 1. The summed E-state index contributed by atoms with van der Waals surface area (Å²) in [5.41, 5.74) is 1.58. The summed E-state index contributed by atoms with van der Waals surface area (Å²) in [5.74, 6) is -0.395. The summed E-state index contributed by atoms with van der Waals surface area (Å²) in [7, 11) is 0. The molecule has 5 nitrogen and oxygen atoms in total. The van der Waals surface area contributed by atoms with Gasteiger partial charge in [-0.1, -0.05) is 47.6 Å². The molecule has 1 aliphatic heterocycles. The molecule has 0 spiro atoms. The number of hydrogen-bond acceptors (Lipinski definition) is 4. The molecule has 1 N–H and O–H groups in total. The molecule has 2 amide bonds. The van der Waals surface area contributed by atoms with Gasteiger partial charge in [0.1, 0.15) is 6.54 Å². The van der Waals surface area contributed by atoms with Gasteiger partial charge in [-0.3, -0.25) is 14.5 Å². The van der Waals surface area contributed by atoms with E-state index in [1.807, 2.05) is 56.3 Å². The molecule has 0 saturated carbocycles. The Kier molecular flexibility index (Phi) is 7.96. The number of para-hydroxylation sites is 1. The van der Waals surface area contributed by atoms with Crippen molar-refractivity contribution in [2.45, 2.75) is 31.3 Å². The lowest BCUT2D eigenvalue weighted by Gasteiger charge is -2.29. The van der Waals surface area contributed by atoms with Crippen LogP contribution in [-0.4, -0.2) is 37.6 Å². The number of benzene rings is 2. The zero-order valence-corrected chi connectivity index (χ0v) is 18.6. The van der Waals surface area contributed by atoms with Crippen molar-refractivity contribution in [2.24, 2.45) is 0 Å². The van der Waals surface area contributed by atoms with Gasteiger partial charge in [-0.15, -0.1) is 0 Å². The Bertz CT molecular complexity index is 946. The monoisotopic (exact) mass is 444 g/mol. The second-order valence-corrected chi connectivity index (χ2v) is 8.67. The molecule has 2 aromatic carbocycles. The summed E-state index contributed by atoms with van der Waals surface area (Å²) in [6.07, 6.45) is 2.71. The first-order valence-electron chi connectivity index (χ1n) is 9.88. The quantitative estimate of drug-likeness (QED) is 0.471. The highest BCUT2D eigenvalue weighted by Crippen LogP contribution is 2.41. The van der Waals surface area contributed by atoms with Crippen LogP contribution >= 0.6 is 23.4 Å². The number of halogens is 1. The van der Waals surface area contributed by atoms with E-state index in [1.54, 1.807) is 12.1 Å². The van der Waals surface area contributed by atoms with Crippen LogP contribution in [0.15, 0.2) is 58.3 Å². The molecule has 0 radical (unpaired) electrons. The zero-order valence-electron chi connectivity index (χ0n) is 17.1. The van der Waals surface area contributed by atoms with Crippen LogP contribution in [0.5, 0.6) is 0 Å². The Balaban J connectivity index is 1.72. The van der Waals surface area contributed by atoms with E-state index < -0.39 is 0 Å². The van der Waals surface area contributed by atoms with Crippen LogP contribution in [0.1, 0.15) is 25.8 Å². The van der Waals surface area contributed by atoms with Gasteiger partial charge in [0.15, 0.2) is 0 Å². The number of carbonyl (C=O) groups excluding carboxylic acids is 2. The fourth-order valence-corrected chi connectivity index (χ4v) is 4.24. The SMILES string of the molecule is CC(C)OCCCNC(=O)CN1C(=O)/C(=C\c2cccc(Cl)c2)Sc2ccccc21. The molecule has 7 heteroatoms. The van der Waals surface area contributed by atoms with Crippen molar-refractivity contribution in [3.63, 3.8) is 0 Å². The van der Waals surface area contributed by atoms with Gasteiger partial charge in [-0.2, -0.15) is 0 Å². The van der Waals surface area contributed by atoms with Gasteiger partial charge in [0.2, 0.25) is 5.91 Å². The van der Waals surface area contributed by atoms with Crippen LogP contribution < -0.4 is 10.2 Å². The third-order valence-electron chi connectivity index (χ3n) is 4.37. The third kappa shape index (κ3) is 6.11. The topological polar surface area (TPSA) is 58.6 Å². The molecule has 0 atom stereocenters. The first-order valence-corrected chi connectivity index (χ1v) is 11.1. The van der Waals surface area contributed by atoms with Crippen molar-refractivity contribution in [1.29, 1.82) is 0 Å². The lowest BCUT2D eigenvalue weighted by molar-refractivity contribution is -0.122. The molecule has 0 aromatic heterocycles. The Labute approximate surface area is 186 Å². The fourth-order valence-electron chi connectivity index (χ4n) is 2.99. The highest BCUT2D eigenvalue weighted by molar-refractivity contribution is 8.04. The molecule has 0 aliphatic carbocycles. The van der Waals surface area contributed by atoms with Crippen LogP contribution in [0.2, 0.25) is 5.02 Å². The lowest BCUT2D eigenvalue weighted by Crippen LogP contribution is -2.43. The summed E-state index contributed by atoms with van der Waals surface area (Å²) >= 11 is 7.47. The maximum atomic E-state index is 13.2. The number of anilines is 1. The second-order valence-electron chi connectivity index (χ2n) is 7.15. The number of hydrogen-bond donors (Lipinski definition) is 1. The van der Waals surface area contributed by atoms with E-state index in [-0.39, 0.29) is 24.5 Å². The minimum Gasteiger partial charge on any atom is -0.379 e. The van der Waals surface area contributed by atoms with Gasteiger partial charge in [0.25, 0.3) is 5.91 Å². The Morgan fingerprint density at radius 1 is 1.23 bits per heavy atom. The average molecular weight is 445 g/mol. The van der Waals surface area contributed by atoms with E-state index in [2.05, 4.69) is 5.32 Å².